The fourth-order valence-electron chi connectivity index (χ4n) is 0.0264. The van der Waals surface area contributed by atoms with E-state index in [-0.39, 0.29) is 46.4 Å². The van der Waals surface area contributed by atoms with Crippen molar-refractivity contribution in [1.82, 2.24) is 0 Å². The van der Waals surface area contributed by atoms with E-state index in [9.17, 15) is 4.79 Å². The van der Waals surface area contributed by atoms with Crippen LogP contribution in [0.25, 0.3) is 0 Å². The second-order valence-electron chi connectivity index (χ2n) is 0.685. The van der Waals surface area contributed by atoms with Crippen molar-refractivity contribution in [2.45, 2.75) is 0 Å². The summed E-state index contributed by atoms with van der Waals surface area (Å²) in [4.78, 5) is 9.35. The van der Waals surface area contributed by atoms with Crippen molar-refractivity contribution in [3.8, 4) is 6.07 Å². The number of carbonyl (C=O) groups is 1. The summed E-state index contributed by atoms with van der Waals surface area (Å²) in [6.45, 7) is 4.66. The van der Waals surface area contributed by atoms with Crippen LogP contribution >= 0.6 is 0 Å². The van der Waals surface area contributed by atoms with Crippen molar-refractivity contribution in [2.75, 3.05) is 0 Å². The van der Waals surface area contributed by atoms with Crippen molar-refractivity contribution < 1.29 is 45.6 Å². The Morgan fingerprint density at radius 3 is 2.00 bits per heavy atom. The van der Waals surface area contributed by atoms with Crippen LogP contribution in [0.4, 0.5) is 0 Å². The van der Waals surface area contributed by atoms with Crippen LogP contribution in [0.1, 0.15) is 0 Å². The molecular formula is C4H2NORe2-. The number of allylic oxidation sites excluding steroid dienone is 1. The topological polar surface area (TPSA) is 40.9 Å². The molecular weight excluding hydrogens is 450 g/mol. The number of hydrogen-bond acceptors (Lipinski definition) is 2. The molecule has 0 rings (SSSR count). The summed E-state index contributed by atoms with van der Waals surface area (Å²) in [6.07, 6.45) is 0.306. The molecule has 0 saturated carbocycles. The van der Waals surface area contributed by atoms with Crippen molar-refractivity contribution in [3.63, 3.8) is 0 Å². The average molecular weight is 452 g/mol. The largest absolute Gasteiger partial charge is 0.374 e. The van der Waals surface area contributed by atoms with Gasteiger partial charge in [-0.15, -0.1) is 0 Å². The molecule has 8 heavy (non-hydrogen) atoms. The Kier molecular flexibility index (Phi) is 20.2. The number of rotatable bonds is 1. The van der Waals surface area contributed by atoms with Gasteiger partial charge in [0.05, 0.1) is 0 Å². The van der Waals surface area contributed by atoms with Gasteiger partial charge in [-0.05, 0) is 0 Å². The molecule has 0 atom stereocenters. The van der Waals surface area contributed by atoms with Crippen LogP contribution in [-0.4, -0.2) is 6.29 Å². The van der Waals surface area contributed by atoms with Gasteiger partial charge in [0.1, 0.15) is 0 Å². The van der Waals surface area contributed by atoms with E-state index in [0.29, 0.717) is 6.29 Å². The standard InChI is InChI=1S/C4H2NO.2Re/c1-4(2-5)3-6;;/h1,3H;;/q-1;;. The third-order valence-electron chi connectivity index (χ3n) is 0.256. The van der Waals surface area contributed by atoms with E-state index in [1.807, 2.05) is 0 Å². The first kappa shape index (κ1) is 15.7. The maximum Gasteiger partial charge on any atom is 0.0449 e. The molecule has 0 saturated heterocycles. The van der Waals surface area contributed by atoms with Crippen LogP contribution in [0.2, 0.25) is 0 Å². The van der Waals surface area contributed by atoms with Gasteiger partial charge >= 0.3 is 0 Å². The zero-order valence-electron chi connectivity index (χ0n) is 3.77. The first-order valence-electron chi connectivity index (χ1n) is 1.29. The number of carbonyl (C=O) groups excluding carboxylic acids is 1. The summed E-state index contributed by atoms with van der Waals surface area (Å²) < 4.78 is 0. The first-order chi connectivity index (χ1) is 2.81. The van der Waals surface area contributed by atoms with Gasteiger partial charge in [-0.25, -0.2) is 6.58 Å². The van der Waals surface area contributed by atoms with Crippen molar-refractivity contribution in [2.24, 2.45) is 0 Å². The molecule has 0 aromatic heterocycles. The molecule has 0 amide bonds. The summed E-state index contributed by atoms with van der Waals surface area (Å²) >= 11 is 0. The monoisotopic (exact) mass is 454 g/mol. The van der Waals surface area contributed by atoms with Gasteiger partial charge in [0.2, 0.25) is 0 Å². The zero-order valence-corrected chi connectivity index (χ0v) is 9.20. The summed E-state index contributed by atoms with van der Waals surface area (Å²) in [6, 6.07) is 1.44. The second-order valence-corrected chi connectivity index (χ2v) is 0.685. The molecule has 0 unspecified atom stereocenters. The minimum absolute atomic E-state index is 0. The van der Waals surface area contributed by atoms with Gasteiger partial charge < -0.3 is 4.79 Å². The Morgan fingerprint density at radius 1 is 1.62 bits per heavy atom. The van der Waals surface area contributed by atoms with Crippen LogP contribution in [0.5, 0.6) is 0 Å². The molecule has 0 aliphatic rings. The van der Waals surface area contributed by atoms with E-state index in [0.717, 1.165) is 0 Å². The van der Waals surface area contributed by atoms with Gasteiger partial charge in [0.25, 0.3) is 0 Å². The molecule has 0 aliphatic carbocycles. The molecule has 0 aromatic rings. The second kappa shape index (κ2) is 10.3. The summed E-state index contributed by atoms with van der Waals surface area (Å²) in [5, 5.41) is 7.69. The van der Waals surface area contributed by atoms with Gasteiger partial charge in [0.15, 0.2) is 0 Å². The molecule has 0 spiro atoms. The van der Waals surface area contributed by atoms with Gasteiger partial charge in [0, 0.05) is 47.1 Å². The minimum atomic E-state index is -0.282. The van der Waals surface area contributed by atoms with Crippen molar-refractivity contribution in [3.05, 3.63) is 12.2 Å². The summed E-state index contributed by atoms with van der Waals surface area (Å²) in [5.74, 6) is 0. The van der Waals surface area contributed by atoms with Crippen LogP contribution in [0.3, 0.4) is 0 Å². The third-order valence-corrected chi connectivity index (χ3v) is 0.256. The van der Waals surface area contributed by atoms with Gasteiger partial charge in [-0.3, -0.25) is 5.26 Å². The van der Waals surface area contributed by atoms with Crippen molar-refractivity contribution >= 4 is 6.29 Å². The summed E-state index contributed by atoms with van der Waals surface area (Å²) in [5.41, 5.74) is -0.282. The Labute approximate surface area is 75.3 Å². The molecule has 0 fully saturated rings. The average Bonchev–Trinajstić information content (AvgIpc) is 1.65. The molecule has 0 N–H and O–H groups in total. The number of nitrogens with zero attached hydrogens (tertiary/aromatic N) is 1. The molecule has 2 radical (unpaired) electrons. The summed E-state index contributed by atoms with van der Waals surface area (Å²) in [7, 11) is 0. The maximum atomic E-state index is 9.35. The predicted octanol–water partition coefficient (Wildman–Crippen LogP) is 0.0633. The van der Waals surface area contributed by atoms with E-state index < -0.39 is 0 Å². The van der Waals surface area contributed by atoms with E-state index in [4.69, 9.17) is 5.26 Å². The van der Waals surface area contributed by atoms with E-state index in [1.165, 1.54) is 6.07 Å². The fourth-order valence-corrected chi connectivity index (χ4v) is 0.0264. The fraction of sp³-hybridized carbons (Fsp3) is 0. The molecule has 44 valence electrons. The van der Waals surface area contributed by atoms with Crippen LogP contribution in [0.15, 0.2) is 5.57 Å². The maximum absolute atomic E-state index is 9.35. The molecule has 0 aromatic carbocycles. The van der Waals surface area contributed by atoms with Gasteiger partial charge in [-0.2, -0.15) is 0 Å². The minimum Gasteiger partial charge on any atom is -0.374 e. The van der Waals surface area contributed by atoms with Crippen LogP contribution < -0.4 is 0 Å². The SMILES string of the molecule is [CH-]=C(C#N)C=O.[Re].[Re]. The molecule has 0 heterocycles. The Morgan fingerprint density at radius 2 is 2.00 bits per heavy atom. The van der Waals surface area contributed by atoms with E-state index in [1.54, 1.807) is 0 Å². The smallest absolute Gasteiger partial charge is 0.0449 e. The Balaban J connectivity index is -0.000000125. The Bertz CT molecular complexity index is 116. The zero-order chi connectivity index (χ0) is 4.99. The quantitative estimate of drug-likeness (QED) is 0.245. The predicted molar refractivity (Wildman–Crippen MR) is 19.5 cm³/mol. The molecule has 2 nitrogen and oxygen atoms in total. The van der Waals surface area contributed by atoms with Crippen molar-refractivity contribution in [1.29, 1.82) is 5.26 Å². The van der Waals surface area contributed by atoms with Crippen LogP contribution in [0, 0.1) is 17.9 Å². The van der Waals surface area contributed by atoms with Gasteiger partial charge in [-0.1, -0.05) is 11.6 Å². The third kappa shape index (κ3) is 9.52. The number of nitriles is 1. The van der Waals surface area contributed by atoms with E-state index in [2.05, 4.69) is 6.58 Å². The molecule has 0 bridgehead atoms. The normalized spacial score (nSPS) is 4.38. The number of aldehydes is 1. The molecule has 0 aliphatic heterocycles. The van der Waals surface area contributed by atoms with E-state index >= 15 is 0 Å². The number of hydrogen-bond donors (Lipinski definition) is 0. The molecule has 4 heteroatoms. The Hall–Kier alpha value is 0.225. The first-order valence-corrected chi connectivity index (χ1v) is 1.29. The van der Waals surface area contributed by atoms with Crippen LogP contribution in [-0.2, 0) is 45.6 Å².